The number of carbonyl (C=O) groups excluding carboxylic acids is 1. The van der Waals surface area contributed by atoms with E-state index in [1.165, 1.54) is 6.92 Å². The van der Waals surface area contributed by atoms with Crippen LogP contribution in [0.1, 0.15) is 31.5 Å². The molecular weight excluding hydrogens is 206 g/mol. The second kappa shape index (κ2) is 3.57. The molecule has 1 N–H and O–H groups in total. The lowest BCUT2D eigenvalue weighted by Gasteiger charge is -1.92. The third kappa shape index (κ3) is 1.72. The fourth-order valence-corrected chi connectivity index (χ4v) is 1.52. The summed E-state index contributed by atoms with van der Waals surface area (Å²) in [5.74, 6) is 0.463. The number of anilines is 1. The first-order chi connectivity index (χ1) is 6.72. The Morgan fingerprint density at radius 3 is 3.00 bits per heavy atom. The molecule has 1 aliphatic carbocycles. The Morgan fingerprint density at radius 2 is 2.50 bits per heavy atom. The smallest absolute Gasteiger partial charge is 0.289 e. The Morgan fingerprint density at radius 1 is 1.79 bits per heavy atom. The molecule has 5 nitrogen and oxygen atoms in total. The van der Waals surface area contributed by atoms with Crippen molar-refractivity contribution in [3.8, 4) is 0 Å². The molecule has 1 heterocycles. The third-order valence-electron chi connectivity index (χ3n) is 2.07. The minimum Gasteiger partial charge on any atom is -0.289 e. The summed E-state index contributed by atoms with van der Waals surface area (Å²) in [5.41, 5.74) is 0.740. The second-order valence-electron chi connectivity index (χ2n) is 3.34. The van der Waals surface area contributed by atoms with Crippen LogP contribution in [0.4, 0.5) is 5.88 Å². The first kappa shape index (κ1) is 9.45. The zero-order valence-electron chi connectivity index (χ0n) is 7.79. The molecule has 0 bridgehead atoms. The van der Waals surface area contributed by atoms with Crippen LogP contribution in [0.2, 0.25) is 0 Å². The molecule has 1 saturated carbocycles. The average Bonchev–Trinajstić information content (AvgIpc) is 2.88. The molecule has 1 amide bonds. The molecule has 6 heteroatoms. The van der Waals surface area contributed by atoms with E-state index in [-0.39, 0.29) is 11.8 Å². The van der Waals surface area contributed by atoms with Gasteiger partial charge >= 0.3 is 5.88 Å². The molecule has 1 fully saturated rings. The standard InChI is InChI=1S/C8H10ClN3O2/c1-5(13)10-8-7(4-9)12(11-14-8)6-2-3-6/h6H,2-4H2,1H3/p+1. The van der Waals surface area contributed by atoms with Crippen LogP contribution in [0, 0.1) is 0 Å². The van der Waals surface area contributed by atoms with Gasteiger partial charge in [0.05, 0.1) is 0 Å². The predicted molar refractivity (Wildman–Crippen MR) is 48.8 cm³/mol. The van der Waals surface area contributed by atoms with Gasteiger partial charge in [-0.2, -0.15) is 0 Å². The highest BCUT2D eigenvalue weighted by Crippen LogP contribution is 2.30. The van der Waals surface area contributed by atoms with E-state index in [2.05, 4.69) is 10.6 Å². The number of hydrogen-bond acceptors (Lipinski definition) is 3. The molecule has 0 saturated heterocycles. The minimum atomic E-state index is -0.185. The summed E-state index contributed by atoms with van der Waals surface area (Å²) in [5, 5.41) is 6.40. The van der Waals surface area contributed by atoms with E-state index in [0.717, 1.165) is 18.5 Å². The van der Waals surface area contributed by atoms with E-state index in [1.807, 2.05) is 0 Å². The molecule has 2 rings (SSSR count). The average molecular weight is 217 g/mol. The van der Waals surface area contributed by atoms with Gasteiger partial charge in [0, 0.05) is 19.8 Å². The van der Waals surface area contributed by atoms with E-state index in [0.29, 0.717) is 11.9 Å². The number of nitrogens with zero attached hydrogens (tertiary/aromatic N) is 2. The topological polar surface area (TPSA) is 59.0 Å². The Bertz CT molecular complexity index is 359. The first-order valence-electron chi connectivity index (χ1n) is 4.46. The number of carbonyl (C=O) groups is 1. The van der Waals surface area contributed by atoms with E-state index in [4.69, 9.17) is 16.1 Å². The van der Waals surface area contributed by atoms with Crippen LogP contribution in [-0.4, -0.2) is 11.2 Å². The Balaban J connectivity index is 2.26. The van der Waals surface area contributed by atoms with Crippen LogP contribution in [0.3, 0.4) is 0 Å². The van der Waals surface area contributed by atoms with Crippen LogP contribution in [0.15, 0.2) is 4.52 Å². The van der Waals surface area contributed by atoms with Gasteiger partial charge in [0.1, 0.15) is 5.88 Å². The van der Waals surface area contributed by atoms with Gasteiger partial charge in [0.15, 0.2) is 6.04 Å². The molecule has 0 aromatic carbocycles. The van der Waals surface area contributed by atoms with Crippen LogP contribution >= 0.6 is 11.6 Å². The van der Waals surface area contributed by atoms with Gasteiger partial charge in [0.2, 0.25) is 11.2 Å². The number of rotatable bonds is 3. The van der Waals surface area contributed by atoms with Crippen molar-refractivity contribution in [2.75, 3.05) is 5.32 Å². The molecule has 0 atom stereocenters. The predicted octanol–water partition coefficient (Wildman–Crippen LogP) is 0.994. The van der Waals surface area contributed by atoms with Gasteiger partial charge in [0.25, 0.3) is 5.69 Å². The number of aromatic nitrogens is 2. The Kier molecular flexibility index (Phi) is 2.41. The zero-order chi connectivity index (χ0) is 10.1. The van der Waals surface area contributed by atoms with Crippen molar-refractivity contribution in [1.82, 2.24) is 5.27 Å². The van der Waals surface area contributed by atoms with Crippen molar-refractivity contribution in [1.29, 1.82) is 0 Å². The van der Waals surface area contributed by atoms with E-state index < -0.39 is 0 Å². The molecule has 0 spiro atoms. The number of hydrogen-bond donors (Lipinski definition) is 1. The fraction of sp³-hybridized carbons (Fsp3) is 0.625. The summed E-state index contributed by atoms with van der Waals surface area (Å²) in [6, 6.07) is 0.398. The summed E-state index contributed by atoms with van der Waals surface area (Å²) in [4.78, 5) is 10.8. The van der Waals surface area contributed by atoms with Gasteiger partial charge in [-0.3, -0.25) is 14.6 Å². The van der Waals surface area contributed by atoms with Crippen LogP contribution in [-0.2, 0) is 10.7 Å². The van der Waals surface area contributed by atoms with Crippen LogP contribution in [0.25, 0.3) is 0 Å². The van der Waals surface area contributed by atoms with Gasteiger partial charge < -0.3 is 0 Å². The van der Waals surface area contributed by atoms with Crippen molar-refractivity contribution in [3.63, 3.8) is 0 Å². The summed E-state index contributed by atoms with van der Waals surface area (Å²) >= 11 is 5.76. The third-order valence-corrected chi connectivity index (χ3v) is 2.32. The lowest BCUT2D eigenvalue weighted by Crippen LogP contribution is -2.37. The summed E-state index contributed by atoms with van der Waals surface area (Å²) in [6.45, 7) is 1.42. The Hall–Kier alpha value is -1.10. The van der Waals surface area contributed by atoms with Gasteiger partial charge in [-0.1, -0.05) is 0 Å². The van der Waals surface area contributed by atoms with E-state index in [1.54, 1.807) is 4.68 Å². The molecule has 1 aromatic heterocycles. The van der Waals surface area contributed by atoms with Gasteiger partial charge in [-0.25, -0.2) is 0 Å². The van der Waals surface area contributed by atoms with Crippen LogP contribution in [0.5, 0.6) is 0 Å². The number of halogens is 1. The van der Waals surface area contributed by atoms with E-state index >= 15 is 0 Å². The molecule has 76 valence electrons. The Labute approximate surface area is 86.0 Å². The maximum absolute atomic E-state index is 10.8. The quantitative estimate of drug-likeness (QED) is 0.606. The fourth-order valence-electron chi connectivity index (χ4n) is 1.27. The summed E-state index contributed by atoms with van der Waals surface area (Å²) in [6.07, 6.45) is 2.20. The van der Waals surface area contributed by atoms with Gasteiger partial charge in [-0.15, -0.1) is 11.6 Å². The molecule has 1 aliphatic rings. The second-order valence-corrected chi connectivity index (χ2v) is 3.61. The van der Waals surface area contributed by atoms with Crippen LogP contribution < -0.4 is 10.00 Å². The van der Waals surface area contributed by atoms with Crippen molar-refractivity contribution in [2.45, 2.75) is 31.7 Å². The maximum atomic E-state index is 10.8. The largest absolute Gasteiger partial charge is 0.306 e. The zero-order valence-corrected chi connectivity index (χ0v) is 8.54. The molecular formula is C8H11ClN3O2+. The summed E-state index contributed by atoms with van der Waals surface area (Å²) in [7, 11) is 0. The molecule has 0 radical (unpaired) electrons. The highest BCUT2D eigenvalue weighted by atomic mass is 35.5. The van der Waals surface area contributed by atoms with Crippen molar-refractivity contribution >= 4 is 23.4 Å². The molecule has 0 unspecified atom stereocenters. The van der Waals surface area contributed by atoms with E-state index in [9.17, 15) is 4.79 Å². The highest BCUT2D eigenvalue weighted by Gasteiger charge is 2.40. The molecule has 0 aliphatic heterocycles. The highest BCUT2D eigenvalue weighted by molar-refractivity contribution is 6.17. The van der Waals surface area contributed by atoms with Gasteiger partial charge in [-0.05, 0) is 4.68 Å². The normalized spacial score (nSPS) is 15.6. The molecule has 14 heavy (non-hydrogen) atoms. The van der Waals surface area contributed by atoms with Crippen molar-refractivity contribution in [3.05, 3.63) is 5.69 Å². The summed E-state index contributed by atoms with van der Waals surface area (Å²) < 4.78 is 6.74. The SMILES string of the molecule is CC(=O)Nc1on[n+](C2CC2)c1CCl. The molecule has 1 aromatic rings. The number of alkyl halides is 1. The first-order valence-corrected chi connectivity index (χ1v) is 4.99. The maximum Gasteiger partial charge on any atom is 0.306 e. The van der Waals surface area contributed by atoms with Crippen molar-refractivity contribution < 1.29 is 14.0 Å². The number of amides is 1. The number of nitrogens with one attached hydrogen (secondary N) is 1. The van der Waals surface area contributed by atoms with Crippen molar-refractivity contribution in [2.24, 2.45) is 0 Å². The minimum absolute atomic E-state index is 0.185. The lowest BCUT2D eigenvalue weighted by atomic mass is 10.4. The monoisotopic (exact) mass is 216 g/mol. The lowest BCUT2D eigenvalue weighted by molar-refractivity contribution is -0.770.